The van der Waals surface area contributed by atoms with Crippen LogP contribution >= 0.6 is 11.6 Å². The van der Waals surface area contributed by atoms with Gasteiger partial charge in [0, 0.05) is 5.02 Å². The van der Waals surface area contributed by atoms with Crippen LogP contribution in [0.1, 0.15) is 0 Å². The van der Waals surface area contributed by atoms with Crippen molar-refractivity contribution in [3.05, 3.63) is 59.4 Å². The van der Waals surface area contributed by atoms with E-state index >= 15 is 0 Å². The number of nitrogens with zero attached hydrogens (tertiary/aromatic N) is 1. The fourth-order valence-electron chi connectivity index (χ4n) is 1.86. The number of esters is 1. The first-order valence-electron chi connectivity index (χ1n) is 6.45. The summed E-state index contributed by atoms with van der Waals surface area (Å²) in [7, 11) is -2.95. The zero-order valence-electron chi connectivity index (χ0n) is 12.1. The van der Waals surface area contributed by atoms with Crippen LogP contribution in [0.3, 0.4) is 0 Å². The minimum atomic E-state index is -4.09. The number of ether oxygens (including phenoxy) is 1. The standard InChI is InChI=1S/C15H13ClFNO4S/c1-22-15(19)10-18(13-4-2-3-12(17)9-13)23(20,21)14-7-5-11(16)6-8-14/h2-9H,10H2,1H3. The Morgan fingerprint density at radius 2 is 1.87 bits per heavy atom. The molecule has 0 fully saturated rings. The molecule has 0 aliphatic rings. The third kappa shape index (κ3) is 4.00. The van der Waals surface area contributed by atoms with Gasteiger partial charge in [-0.3, -0.25) is 9.10 Å². The smallest absolute Gasteiger partial charge is 0.326 e. The number of hydrogen-bond donors (Lipinski definition) is 0. The molecular weight excluding hydrogens is 345 g/mol. The van der Waals surface area contributed by atoms with Crippen molar-refractivity contribution in [2.75, 3.05) is 18.0 Å². The van der Waals surface area contributed by atoms with Gasteiger partial charge in [-0.1, -0.05) is 17.7 Å². The van der Waals surface area contributed by atoms with Crippen LogP contribution in [0.4, 0.5) is 10.1 Å². The van der Waals surface area contributed by atoms with E-state index in [9.17, 15) is 17.6 Å². The highest BCUT2D eigenvalue weighted by molar-refractivity contribution is 7.92. The number of anilines is 1. The number of carbonyl (C=O) groups excluding carboxylic acids is 1. The van der Waals surface area contributed by atoms with Gasteiger partial charge < -0.3 is 4.74 Å². The molecule has 5 nitrogen and oxygen atoms in total. The first-order chi connectivity index (χ1) is 10.8. The van der Waals surface area contributed by atoms with Crippen molar-refractivity contribution in [3.63, 3.8) is 0 Å². The highest BCUT2D eigenvalue weighted by atomic mass is 35.5. The van der Waals surface area contributed by atoms with Crippen molar-refractivity contribution in [1.82, 2.24) is 0 Å². The lowest BCUT2D eigenvalue weighted by atomic mass is 10.3. The Bertz CT molecular complexity index is 808. The molecule has 0 aromatic heterocycles. The fourth-order valence-corrected chi connectivity index (χ4v) is 3.39. The molecule has 8 heteroatoms. The Kier molecular flexibility index (Phi) is 5.23. The molecule has 0 atom stereocenters. The average Bonchev–Trinajstić information content (AvgIpc) is 2.52. The van der Waals surface area contributed by atoms with E-state index in [1.807, 2.05) is 0 Å². The summed E-state index contributed by atoms with van der Waals surface area (Å²) in [5.74, 6) is -1.39. The van der Waals surface area contributed by atoms with E-state index in [1.54, 1.807) is 0 Å². The molecule has 0 unspecified atom stereocenters. The second kappa shape index (κ2) is 6.97. The van der Waals surface area contributed by atoms with Crippen LogP contribution in [-0.4, -0.2) is 28.0 Å². The van der Waals surface area contributed by atoms with Gasteiger partial charge in [-0.15, -0.1) is 0 Å². The number of hydrogen-bond acceptors (Lipinski definition) is 4. The molecule has 2 aromatic carbocycles. The van der Waals surface area contributed by atoms with E-state index in [1.165, 1.54) is 42.5 Å². The number of methoxy groups -OCH3 is 1. The number of halogens is 2. The zero-order chi connectivity index (χ0) is 17.0. The lowest BCUT2D eigenvalue weighted by Crippen LogP contribution is -2.36. The summed E-state index contributed by atoms with van der Waals surface area (Å²) >= 11 is 5.75. The van der Waals surface area contributed by atoms with Crippen LogP contribution in [0.5, 0.6) is 0 Å². The quantitative estimate of drug-likeness (QED) is 0.772. The Morgan fingerprint density at radius 1 is 1.22 bits per heavy atom. The van der Waals surface area contributed by atoms with Crippen LogP contribution < -0.4 is 4.31 Å². The number of carbonyl (C=O) groups is 1. The number of benzene rings is 2. The molecule has 2 rings (SSSR count). The van der Waals surface area contributed by atoms with Crippen molar-refractivity contribution >= 4 is 33.3 Å². The summed E-state index contributed by atoms with van der Waals surface area (Å²) in [6.45, 7) is -0.578. The Labute approximate surface area is 138 Å². The lowest BCUT2D eigenvalue weighted by molar-refractivity contribution is -0.138. The number of rotatable bonds is 5. The molecule has 122 valence electrons. The van der Waals surface area contributed by atoms with Gasteiger partial charge in [-0.05, 0) is 42.5 Å². The van der Waals surface area contributed by atoms with E-state index in [0.717, 1.165) is 17.5 Å². The van der Waals surface area contributed by atoms with Crippen LogP contribution in [0.15, 0.2) is 53.4 Å². The van der Waals surface area contributed by atoms with Gasteiger partial charge in [-0.2, -0.15) is 0 Å². The van der Waals surface area contributed by atoms with Crippen LogP contribution in [-0.2, 0) is 19.6 Å². The van der Waals surface area contributed by atoms with E-state index < -0.39 is 28.4 Å². The maximum absolute atomic E-state index is 13.4. The molecule has 0 saturated heterocycles. The lowest BCUT2D eigenvalue weighted by Gasteiger charge is -2.23. The molecule has 0 aliphatic carbocycles. The first kappa shape index (κ1) is 17.2. The van der Waals surface area contributed by atoms with Gasteiger partial charge in [0.1, 0.15) is 12.4 Å². The second-order valence-electron chi connectivity index (χ2n) is 4.52. The number of sulfonamides is 1. The van der Waals surface area contributed by atoms with Crippen molar-refractivity contribution in [1.29, 1.82) is 0 Å². The molecule has 0 amide bonds. The molecule has 0 spiro atoms. The molecule has 0 heterocycles. The summed E-state index contributed by atoms with van der Waals surface area (Å²) in [5, 5.41) is 0.370. The predicted octanol–water partition coefficient (Wildman–Crippen LogP) is 2.85. The highest BCUT2D eigenvalue weighted by Gasteiger charge is 2.27. The van der Waals surface area contributed by atoms with Crippen molar-refractivity contribution in [2.24, 2.45) is 0 Å². The van der Waals surface area contributed by atoms with Gasteiger partial charge in [0.25, 0.3) is 10.0 Å². The Hall–Kier alpha value is -2.12. The molecule has 0 saturated carbocycles. The molecule has 0 radical (unpaired) electrons. The molecule has 0 N–H and O–H groups in total. The summed E-state index contributed by atoms with van der Waals surface area (Å²) in [4.78, 5) is 11.5. The molecule has 0 bridgehead atoms. The van der Waals surface area contributed by atoms with Crippen LogP contribution in [0.2, 0.25) is 5.02 Å². The second-order valence-corrected chi connectivity index (χ2v) is 6.82. The Balaban J connectivity index is 2.51. The van der Waals surface area contributed by atoms with Crippen molar-refractivity contribution in [2.45, 2.75) is 4.90 Å². The van der Waals surface area contributed by atoms with E-state index in [-0.39, 0.29) is 10.6 Å². The molecule has 0 aliphatic heterocycles. The molecular formula is C15H13ClFNO4S. The van der Waals surface area contributed by atoms with Gasteiger partial charge >= 0.3 is 5.97 Å². The van der Waals surface area contributed by atoms with Crippen LogP contribution in [0.25, 0.3) is 0 Å². The third-order valence-electron chi connectivity index (χ3n) is 3.00. The fraction of sp³-hybridized carbons (Fsp3) is 0.133. The monoisotopic (exact) mass is 357 g/mol. The largest absolute Gasteiger partial charge is 0.468 e. The summed E-state index contributed by atoms with van der Waals surface area (Å²) in [5.41, 5.74) is 0.0188. The normalized spacial score (nSPS) is 11.1. The average molecular weight is 358 g/mol. The minimum absolute atomic E-state index is 0.0188. The van der Waals surface area contributed by atoms with Gasteiger partial charge in [0.2, 0.25) is 0 Å². The minimum Gasteiger partial charge on any atom is -0.468 e. The Morgan fingerprint density at radius 3 is 2.43 bits per heavy atom. The van der Waals surface area contributed by atoms with Crippen molar-refractivity contribution in [3.8, 4) is 0 Å². The SMILES string of the molecule is COC(=O)CN(c1cccc(F)c1)S(=O)(=O)c1ccc(Cl)cc1. The van der Waals surface area contributed by atoms with Gasteiger partial charge in [-0.25, -0.2) is 12.8 Å². The van der Waals surface area contributed by atoms with E-state index in [4.69, 9.17) is 11.6 Å². The molecule has 23 heavy (non-hydrogen) atoms. The maximum Gasteiger partial charge on any atom is 0.326 e. The first-order valence-corrected chi connectivity index (χ1v) is 8.27. The zero-order valence-corrected chi connectivity index (χ0v) is 13.6. The van der Waals surface area contributed by atoms with Gasteiger partial charge in [0.15, 0.2) is 0 Å². The van der Waals surface area contributed by atoms with Crippen molar-refractivity contribution < 1.29 is 22.3 Å². The summed E-state index contributed by atoms with van der Waals surface area (Å²) in [6, 6.07) is 10.4. The predicted molar refractivity (Wildman–Crippen MR) is 84.4 cm³/mol. The van der Waals surface area contributed by atoms with E-state index in [0.29, 0.717) is 5.02 Å². The highest BCUT2D eigenvalue weighted by Crippen LogP contribution is 2.25. The maximum atomic E-state index is 13.4. The van der Waals surface area contributed by atoms with Gasteiger partial charge in [0.05, 0.1) is 17.7 Å². The topological polar surface area (TPSA) is 63.7 Å². The van der Waals surface area contributed by atoms with E-state index in [2.05, 4.69) is 4.74 Å². The summed E-state index contributed by atoms with van der Waals surface area (Å²) < 4.78 is 44.3. The third-order valence-corrected chi connectivity index (χ3v) is 5.04. The van der Waals surface area contributed by atoms with Crippen LogP contribution in [0, 0.1) is 5.82 Å². The summed E-state index contributed by atoms with van der Waals surface area (Å²) in [6.07, 6.45) is 0. The molecule has 2 aromatic rings.